The lowest BCUT2D eigenvalue weighted by Gasteiger charge is -2.28. The smallest absolute Gasteiger partial charge is 0.336 e. The number of phenols is 1. The predicted octanol–water partition coefficient (Wildman–Crippen LogP) is 3.77. The van der Waals surface area contributed by atoms with E-state index in [9.17, 15) is 14.7 Å². The van der Waals surface area contributed by atoms with Gasteiger partial charge in [-0.05, 0) is 30.2 Å². The number of aromatic nitrogens is 2. The third-order valence-corrected chi connectivity index (χ3v) is 5.99. The summed E-state index contributed by atoms with van der Waals surface area (Å²) < 4.78 is 4.97. The summed E-state index contributed by atoms with van der Waals surface area (Å²) in [6.45, 7) is 1.74. The van der Waals surface area contributed by atoms with Crippen LogP contribution in [0.1, 0.15) is 29.5 Å². The first-order valence-corrected chi connectivity index (χ1v) is 10.6. The Bertz CT molecular complexity index is 1220. The van der Waals surface area contributed by atoms with E-state index in [0.717, 1.165) is 5.56 Å². The number of H-pyrrole nitrogens is 1. The number of hydrogen-bond donors (Lipinski definition) is 3. The first kappa shape index (κ1) is 20.7. The van der Waals surface area contributed by atoms with E-state index < -0.39 is 11.9 Å². The molecule has 4 rings (SSSR count). The minimum atomic E-state index is -0.722. The highest BCUT2D eigenvalue weighted by Crippen LogP contribution is 2.40. The van der Waals surface area contributed by atoms with Crippen molar-refractivity contribution in [2.75, 3.05) is 12.4 Å². The van der Waals surface area contributed by atoms with Crippen LogP contribution in [0.25, 0.3) is 0 Å². The highest BCUT2D eigenvalue weighted by molar-refractivity contribution is 7.98. The Labute approximate surface area is 183 Å². The molecular weight excluding hydrogens is 414 g/mol. The second kappa shape index (κ2) is 8.69. The monoisotopic (exact) mass is 435 g/mol. The molecule has 3 N–H and O–H groups in total. The number of nitrogens with zero attached hydrogens (tertiary/aromatic N) is 1. The molecule has 1 atom stereocenters. The predicted molar refractivity (Wildman–Crippen MR) is 119 cm³/mol. The molecule has 8 heteroatoms. The lowest BCUT2D eigenvalue weighted by molar-refractivity contribution is -0.136. The maximum absolute atomic E-state index is 13.1. The van der Waals surface area contributed by atoms with Crippen molar-refractivity contribution in [2.24, 2.45) is 0 Å². The minimum Gasteiger partial charge on any atom is -0.508 e. The molecule has 7 nitrogen and oxygen atoms in total. The number of aromatic hydroxyl groups is 1. The Hall–Kier alpha value is -3.52. The van der Waals surface area contributed by atoms with Gasteiger partial charge in [0.1, 0.15) is 11.6 Å². The van der Waals surface area contributed by atoms with Crippen LogP contribution in [0.2, 0.25) is 0 Å². The normalized spacial score (nSPS) is 15.2. The van der Waals surface area contributed by atoms with Gasteiger partial charge in [0.25, 0.3) is 5.56 Å². The van der Waals surface area contributed by atoms with Gasteiger partial charge in [0.05, 0.1) is 24.2 Å². The van der Waals surface area contributed by atoms with Crippen molar-refractivity contribution in [3.05, 3.63) is 92.9 Å². The fourth-order valence-corrected chi connectivity index (χ4v) is 4.46. The molecule has 1 aromatic heterocycles. The van der Waals surface area contributed by atoms with E-state index in [1.807, 2.05) is 30.3 Å². The molecule has 1 aliphatic heterocycles. The van der Waals surface area contributed by atoms with Crippen LogP contribution in [0, 0.1) is 0 Å². The van der Waals surface area contributed by atoms with Crippen molar-refractivity contribution in [2.45, 2.75) is 23.8 Å². The van der Waals surface area contributed by atoms with Gasteiger partial charge in [-0.1, -0.05) is 54.2 Å². The highest BCUT2D eigenvalue weighted by atomic mass is 32.2. The number of benzene rings is 2. The zero-order valence-corrected chi connectivity index (χ0v) is 17.8. The zero-order chi connectivity index (χ0) is 22.0. The number of esters is 1. The van der Waals surface area contributed by atoms with Crippen molar-refractivity contribution in [3.8, 4) is 5.75 Å². The Balaban J connectivity index is 1.78. The van der Waals surface area contributed by atoms with E-state index in [-0.39, 0.29) is 11.3 Å². The topological polar surface area (TPSA) is 104 Å². The van der Waals surface area contributed by atoms with Crippen LogP contribution in [-0.4, -0.2) is 28.2 Å². The number of nitrogens with one attached hydrogen (secondary N) is 2. The van der Waals surface area contributed by atoms with Crippen LogP contribution in [0.5, 0.6) is 5.75 Å². The first-order valence-electron chi connectivity index (χ1n) is 9.64. The second-order valence-corrected chi connectivity index (χ2v) is 8.05. The van der Waals surface area contributed by atoms with E-state index in [1.165, 1.54) is 31.0 Å². The molecule has 0 bridgehead atoms. The summed E-state index contributed by atoms with van der Waals surface area (Å²) in [4.78, 5) is 33.2. The standard InChI is InChI=1S/C23H21N3O4S/c1-13-17(22(29)30-2)18(15-9-6-10-16(27)11-15)19-20(24-13)25-23(26-21(19)28)31-12-14-7-4-3-5-8-14/h3-11,18,27H,12H2,1-2H3,(H2,24,25,26,28)/t18-/m0/s1. The van der Waals surface area contributed by atoms with Crippen LogP contribution in [0.4, 0.5) is 5.82 Å². The van der Waals surface area contributed by atoms with Gasteiger partial charge in [0.15, 0.2) is 5.16 Å². The number of anilines is 1. The number of carbonyl (C=O) groups is 1. The molecule has 0 saturated carbocycles. The maximum Gasteiger partial charge on any atom is 0.336 e. The van der Waals surface area contributed by atoms with Crippen molar-refractivity contribution in [3.63, 3.8) is 0 Å². The lowest BCUT2D eigenvalue weighted by atomic mass is 9.82. The van der Waals surface area contributed by atoms with Crippen molar-refractivity contribution < 1.29 is 14.6 Å². The zero-order valence-electron chi connectivity index (χ0n) is 17.0. The van der Waals surface area contributed by atoms with Crippen molar-refractivity contribution in [1.82, 2.24) is 9.97 Å². The first-order chi connectivity index (χ1) is 15.0. The Kier molecular flexibility index (Phi) is 5.81. The van der Waals surface area contributed by atoms with Crippen molar-refractivity contribution >= 4 is 23.5 Å². The molecule has 158 valence electrons. The van der Waals surface area contributed by atoms with Crippen LogP contribution in [-0.2, 0) is 15.3 Å². The molecular formula is C23H21N3O4S. The van der Waals surface area contributed by atoms with Crippen molar-refractivity contribution in [1.29, 1.82) is 0 Å². The van der Waals surface area contributed by atoms with E-state index in [1.54, 1.807) is 19.1 Å². The number of thioether (sulfide) groups is 1. The van der Waals surface area contributed by atoms with E-state index in [4.69, 9.17) is 4.74 Å². The molecule has 0 fully saturated rings. The Morgan fingerprint density at radius 2 is 1.97 bits per heavy atom. The molecule has 2 aromatic carbocycles. The number of ether oxygens (including phenoxy) is 1. The second-order valence-electron chi connectivity index (χ2n) is 7.09. The van der Waals surface area contributed by atoms with Crippen LogP contribution >= 0.6 is 11.8 Å². The third kappa shape index (κ3) is 4.20. The number of rotatable bonds is 5. The summed E-state index contributed by atoms with van der Waals surface area (Å²) in [7, 11) is 1.30. The molecule has 0 radical (unpaired) electrons. The molecule has 2 heterocycles. The molecule has 0 amide bonds. The average Bonchev–Trinajstić information content (AvgIpc) is 2.77. The summed E-state index contributed by atoms with van der Waals surface area (Å²) >= 11 is 1.42. The fourth-order valence-electron chi connectivity index (χ4n) is 3.64. The van der Waals surface area contributed by atoms with E-state index >= 15 is 0 Å². The average molecular weight is 436 g/mol. The molecule has 0 spiro atoms. The van der Waals surface area contributed by atoms with E-state index in [2.05, 4.69) is 15.3 Å². The molecule has 0 unspecified atom stereocenters. The highest BCUT2D eigenvalue weighted by Gasteiger charge is 2.36. The van der Waals surface area contributed by atoms with Crippen LogP contribution in [0.15, 0.2) is 75.8 Å². The van der Waals surface area contributed by atoms with Gasteiger partial charge in [0, 0.05) is 11.4 Å². The minimum absolute atomic E-state index is 0.0406. The quantitative estimate of drug-likeness (QED) is 0.318. The number of methoxy groups -OCH3 is 1. The fraction of sp³-hybridized carbons (Fsp3) is 0.174. The SMILES string of the molecule is COC(=O)C1=C(C)Nc2nc(SCc3ccccc3)[nH]c(=O)c2[C@H]1c1cccc(O)c1. The number of phenolic OH excluding ortho intramolecular Hbond substituents is 1. The van der Waals surface area contributed by atoms with E-state index in [0.29, 0.717) is 39.1 Å². The van der Waals surface area contributed by atoms with Crippen LogP contribution < -0.4 is 10.9 Å². The third-order valence-electron chi connectivity index (χ3n) is 5.05. The summed E-state index contributed by atoms with van der Waals surface area (Å²) in [6, 6.07) is 16.4. The summed E-state index contributed by atoms with van der Waals surface area (Å²) in [5, 5.41) is 13.5. The molecule has 0 saturated heterocycles. The van der Waals surface area contributed by atoms with Gasteiger partial charge < -0.3 is 20.1 Å². The largest absolute Gasteiger partial charge is 0.508 e. The summed E-state index contributed by atoms with van der Waals surface area (Å²) in [6.07, 6.45) is 0. The number of allylic oxidation sites excluding steroid dienone is 1. The van der Waals surface area contributed by atoms with Gasteiger partial charge in [-0.3, -0.25) is 4.79 Å². The molecule has 31 heavy (non-hydrogen) atoms. The number of hydrogen-bond acceptors (Lipinski definition) is 7. The molecule has 0 aliphatic carbocycles. The Morgan fingerprint density at radius 3 is 2.68 bits per heavy atom. The van der Waals surface area contributed by atoms with Gasteiger partial charge in [-0.25, -0.2) is 9.78 Å². The molecule has 1 aliphatic rings. The summed E-state index contributed by atoms with van der Waals surface area (Å²) in [5.74, 6) is -0.191. The van der Waals surface area contributed by atoms with Gasteiger partial charge >= 0.3 is 5.97 Å². The number of fused-ring (bicyclic) bond motifs is 1. The lowest BCUT2D eigenvalue weighted by Crippen LogP contribution is -2.30. The van der Waals surface area contributed by atoms with Gasteiger partial charge in [-0.2, -0.15) is 0 Å². The Morgan fingerprint density at radius 1 is 1.19 bits per heavy atom. The van der Waals surface area contributed by atoms with Gasteiger partial charge in [-0.15, -0.1) is 0 Å². The van der Waals surface area contributed by atoms with Crippen LogP contribution in [0.3, 0.4) is 0 Å². The summed E-state index contributed by atoms with van der Waals surface area (Å²) in [5.41, 5.74) is 2.51. The molecule has 3 aromatic rings. The maximum atomic E-state index is 13.1. The number of aromatic amines is 1. The van der Waals surface area contributed by atoms with Gasteiger partial charge in [0.2, 0.25) is 0 Å². The number of carbonyl (C=O) groups excluding carboxylic acids is 1.